The summed E-state index contributed by atoms with van der Waals surface area (Å²) in [6.07, 6.45) is 7.28. The molecule has 0 unspecified atom stereocenters. The number of aliphatic hydroxyl groups excluding tert-OH is 2. The summed E-state index contributed by atoms with van der Waals surface area (Å²) in [6, 6.07) is -2.22. The molecule has 2 bridgehead atoms. The van der Waals surface area contributed by atoms with E-state index in [4.69, 9.17) is 53.1 Å². The van der Waals surface area contributed by atoms with Crippen LogP contribution in [0.15, 0.2) is 47.6 Å². The Morgan fingerprint density at radius 1 is 0.761 bits per heavy atom. The molecule has 4 aliphatic rings. The summed E-state index contributed by atoms with van der Waals surface area (Å²) in [6.45, 7) is 13.9. The van der Waals surface area contributed by atoms with Crippen molar-refractivity contribution in [1.29, 1.82) is 0 Å². The largest absolute Gasteiger partial charge is 0.459 e. The van der Waals surface area contributed by atoms with Crippen LogP contribution in [0.5, 0.6) is 0 Å². The number of nitrogens with two attached hydrogens (primary N) is 1. The Morgan fingerprint density at radius 2 is 1.41 bits per heavy atom. The summed E-state index contributed by atoms with van der Waals surface area (Å²) >= 11 is 0. The number of ether oxygens (including phenoxy) is 10. The first-order valence-corrected chi connectivity index (χ1v) is 31.5. The molecule has 3 heterocycles. The molecule has 1 aliphatic carbocycles. The lowest BCUT2D eigenvalue weighted by molar-refractivity contribution is -0.265. The van der Waals surface area contributed by atoms with Crippen molar-refractivity contribution >= 4 is 41.2 Å². The van der Waals surface area contributed by atoms with E-state index in [2.05, 4.69) is 10.6 Å². The van der Waals surface area contributed by atoms with E-state index in [-0.39, 0.29) is 62.3 Å². The highest BCUT2D eigenvalue weighted by molar-refractivity contribution is 6.39. The van der Waals surface area contributed by atoms with Crippen LogP contribution in [0, 0.1) is 29.6 Å². The molecule has 1 saturated carbocycles. The maximum Gasteiger partial charge on any atom is 0.407 e. The van der Waals surface area contributed by atoms with Crippen LogP contribution in [-0.4, -0.2) is 222 Å². The molecule has 0 aromatic carbocycles. The normalized spacial score (nSPS) is 32.8. The van der Waals surface area contributed by atoms with Gasteiger partial charge in [0.25, 0.3) is 11.7 Å². The predicted octanol–water partition coefficient (Wildman–Crippen LogP) is 4.17. The average molecular weight is 1250 g/mol. The second-order valence-electron chi connectivity index (χ2n) is 23.9. The van der Waals surface area contributed by atoms with Crippen molar-refractivity contribution < 1.29 is 96.2 Å². The number of amides is 3. The number of ketones is 3. The number of aliphatic hydroxyl groups is 3. The summed E-state index contributed by atoms with van der Waals surface area (Å²) < 4.78 is 57.2. The third-order valence-corrected chi connectivity index (χ3v) is 17.0. The van der Waals surface area contributed by atoms with E-state index in [1.807, 2.05) is 44.2 Å². The van der Waals surface area contributed by atoms with Crippen LogP contribution >= 0.6 is 0 Å². The van der Waals surface area contributed by atoms with Gasteiger partial charge in [0.15, 0.2) is 5.78 Å². The molecule has 24 nitrogen and oxygen atoms in total. The Labute approximate surface area is 520 Å². The van der Waals surface area contributed by atoms with E-state index in [0.29, 0.717) is 117 Å². The first kappa shape index (κ1) is 75.6. The number of hydrogen-bond donors (Lipinski definition) is 6. The molecule has 88 heavy (non-hydrogen) atoms. The van der Waals surface area contributed by atoms with Crippen molar-refractivity contribution in [3.63, 3.8) is 0 Å². The molecule has 15 atom stereocenters. The maximum absolute atomic E-state index is 14.6. The number of hydrogen-bond acceptors (Lipinski definition) is 21. The van der Waals surface area contributed by atoms with E-state index in [1.54, 1.807) is 34.9 Å². The van der Waals surface area contributed by atoms with Crippen LogP contribution in [0.3, 0.4) is 0 Å². The van der Waals surface area contributed by atoms with Gasteiger partial charge in [-0.3, -0.25) is 24.0 Å². The van der Waals surface area contributed by atoms with Gasteiger partial charge in [-0.15, -0.1) is 0 Å². The van der Waals surface area contributed by atoms with Crippen molar-refractivity contribution in [3.8, 4) is 0 Å². The van der Waals surface area contributed by atoms with Crippen LogP contribution in [0.1, 0.15) is 125 Å². The van der Waals surface area contributed by atoms with E-state index < -0.39 is 120 Å². The monoisotopic (exact) mass is 1250 g/mol. The third-order valence-electron chi connectivity index (χ3n) is 17.0. The molecule has 3 amide bonds. The van der Waals surface area contributed by atoms with Gasteiger partial charge >= 0.3 is 12.1 Å². The minimum Gasteiger partial charge on any atom is -0.459 e. The van der Waals surface area contributed by atoms with E-state index in [0.717, 1.165) is 10.5 Å². The fourth-order valence-corrected chi connectivity index (χ4v) is 11.5. The zero-order valence-electron chi connectivity index (χ0n) is 53.5. The van der Waals surface area contributed by atoms with Gasteiger partial charge < -0.3 is 84.0 Å². The minimum absolute atomic E-state index is 0.00596. The highest BCUT2D eigenvalue weighted by atomic mass is 16.6. The molecule has 0 aromatic rings. The Bertz CT molecular complexity index is 2320. The molecule has 0 radical (unpaired) electrons. The number of alkyl carbamates (subject to hydrolysis) is 1. The second kappa shape index (κ2) is 40.1. The Kier molecular flexibility index (Phi) is 34.5. The number of esters is 1. The summed E-state index contributed by atoms with van der Waals surface area (Å²) in [4.78, 5) is 96.3. The number of carbonyl (C=O) groups is 7. The van der Waals surface area contributed by atoms with Crippen molar-refractivity contribution in [3.05, 3.63) is 47.6 Å². The van der Waals surface area contributed by atoms with Crippen molar-refractivity contribution in [2.24, 2.45) is 35.3 Å². The SMILES string of the molecule is CNC(=O)CCOCCOCCOCCOCCOCCNC(=O)O[C@@H]1CC[C@@H](C[C@@H](N)[C@@H]2CC(=O)[C@H](C)/C=C(\C)[C@@H](O)[C@@H](O)C(=O)[C@H](C)C[C@H](C)/C=C/C=C/C=C(\C)[C@@H](OC)C[C@@H]3CC[C@@H](C)[C@@](O)(O3)C(=O)C(=O)N3CCCC[C@H]3C(=O)O2)C[C@H]1OC. The quantitative estimate of drug-likeness (QED) is 0.0342. The first-order chi connectivity index (χ1) is 42.0. The smallest absolute Gasteiger partial charge is 0.407 e. The number of piperidine rings is 1. The molecule has 0 aromatic heterocycles. The van der Waals surface area contributed by atoms with Gasteiger partial charge in [-0.25, -0.2) is 9.59 Å². The van der Waals surface area contributed by atoms with Gasteiger partial charge in [-0.05, 0) is 101 Å². The number of carbonyl (C=O) groups excluding carboxylic acids is 7. The fourth-order valence-electron chi connectivity index (χ4n) is 11.5. The molecule has 7 N–H and O–H groups in total. The number of methoxy groups -OCH3 is 2. The topological polar surface area (TPSA) is 326 Å². The lowest BCUT2D eigenvalue weighted by Crippen LogP contribution is -2.61. The lowest BCUT2D eigenvalue weighted by Gasteiger charge is -2.42. The summed E-state index contributed by atoms with van der Waals surface area (Å²) in [5.41, 5.74) is 7.99. The number of Topliss-reactive ketones (excluding diaryl/α,β-unsaturated/α-hetero) is 3. The van der Waals surface area contributed by atoms with Crippen LogP contribution in [0.4, 0.5) is 4.79 Å². The van der Waals surface area contributed by atoms with E-state index in [1.165, 1.54) is 20.1 Å². The second-order valence-corrected chi connectivity index (χ2v) is 23.9. The molecule has 500 valence electrons. The molecule has 2 saturated heterocycles. The molecule has 3 aliphatic heterocycles. The zero-order valence-corrected chi connectivity index (χ0v) is 53.5. The van der Waals surface area contributed by atoms with Gasteiger partial charge in [0.1, 0.15) is 36.2 Å². The highest BCUT2D eigenvalue weighted by Crippen LogP contribution is 2.37. The first-order valence-electron chi connectivity index (χ1n) is 31.5. The predicted molar refractivity (Wildman–Crippen MR) is 324 cm³/mol. The van der Waals surface area contributed by atoms with Crippen LogP contribution in [0.2, 0.25) is 0 Å². The number of allylic oxidation sites excluding steroid dienone is 6. The molecule has 24 heteroatoms. The Balaban J connectivity index is 1.40. The average Bonchev–Trinajstić information content (AvgIpc) is 1.20. The van der Waals surface area contributed by atoms with E-state index in [9.17, 15) is 48.9 Å². The fraction of sp³-hybridized carbons (Fsp3) is 0.766. The van der Waals surface area contributed by atoms with Crippen LogP contribution in [0.25, 0.3) is 0 Å². The third kappa shape index (κ3) is 25.1. The number of cyclic esters (lactones) is 1. The van der Waals surface area contributed by atoms with Gasteiger partial charge in [0, 0.05) is 77.4 Å². The number of nitrogens with one attached hydrogen (secondary N) is 2. The van der Waals surface area contributed by atoms with Gasteiger partial charge in [-0.1, -0.05) is 64.2 Å². The van der Waals surface area contributed by atoms with Crippen LogP contribution < -0.4 is 16.4 Å². The minimum atomic E-state index is -2.50. The zero-order chi connectivity index (χ0) is 64.8. The maximum atomic E-state index is 14.6. The van der Waals surface area contributed by atoms with Crippen molar-refractivity contribution in [1.82, 2.24) is 15.5 Å². The summed E-state index contributed by atoms with van der Waals surface area (Å²) in [7, 11) is 4.64. The summed E-state index contributed by atoms with van der Waals surface area (Å²) in [5, 5.41) is 39.6. The number of rotatable bonds is 24. The summed E-state index contributed by atoms with van der Waals surface area (Å²) in [5.74, 6) is -9.29. The van der Waals surface area contributed by atoms with Gasteiger partial charge in [0.05, 0.1) is 84.4 Å². The lowest BCUT2D eigenvalue weighted by atomic mass is 9.80. The van der Waals surface area contributed by atoms with Gasteiger partial charge in [0.2, 0.25) is 11.7 Å². The van der Waals surface area contributed by atoms with Gasteiger partial charge in [-0.2, -0.15) is 0 Å². The molecule has 0 spiro atoms. The standard InChI is InChI=1S/C64H104N4O20/c1-41-15-11-10-12-16-42(2)53(79-8)39-48-20-18-46(6)64(78,88-48)60(74)61(75)68-24-14-13-17-50(68)62(76)86-54(40-51(69)43(3)36-45(5)58(72)59(73)57(71)44(4)35-41)49(65)37-47-19-21-52(55(38-47)80-9)87-63(77)67-23-26-82-28-30-84-32-34-85-33-31-83-29-27-81-25-22-56(70)66-7/h10-12,15-16,36,41,43-44,46-50,52-55,58-59,72-73,78H,13-14,17-35,37-40,65H2,1-9H3,(H,66,70)(H,67,77)/b12-10+,15-11+,42-16+,45-36+/t41-,43-,44-,46-,47+,48+,49-,50+,52-,53+,54+,55-,58-,59+,64-/m1/s1. The molecule has 4 rings (SSSR count). The van der Waals surface area contributed by atoms with Crippen molar-refractivity contribution in [2.75, 3.05) is 100 Å². The van der Waals surface area contributed by atoms with E-state index >= 15 is 0 Å². The van der Waals surface area contributed by atoms with Crippen LogP contribution in [-0.2, 0) is 76.1 Å². The molecular weight excluding hydrogens is 1140 g/mol. The highest BCUT2D eigenvalue weighted by Gasteiger charge is 2.53. The number of nitrogens with zero attached hydrogens (tertiary/aromatic N) is 1. The Morgan fingerprint density at radius 3 is 2.05 bits per heavy atom. The number of fused-ring (bicyclic) bond motifs is 3. The Hall–Kier alpha value is -4.83. The molecular formula is C64H104N4O20. The van der Waals surface area contributed by atoms with Crippen molar-refractivity contribution in [2.45, 2.75) is 186 Å². The molecule has 3 fully saturated rings.